The van der Waals surface area contributed by atoms with Gasteiger partial charge in [0.1, 0.15) is 18.4 Å². The molecule has 1 aromatic heterocycles. The van der Waals surface area contributed by atoms with Crippen molar-refractivity contribution < 1.29 is 19.1 Å². The van der Waals surface area contributed by atoms with Crippen molar-refractivity contribution in [3.63, 3.8) is 0 Å². The average Bonchev–Trinajstić information content (AvgIpc) is 3.19. The van der Waals surface area contributed by atoms with Crippen LogP contribution < -0.4 is 0 Å². The van der Waals surface area contributed by atoms with Crippen LogP contribution in [0.1, 0.15) is 50.4 Å². The molecule has 0 bridgehead atoms. The van der Waals surface area contributed by atoms with Crippen LogP contribution in [0.5, 0.6) is 0 Å². The van der Waals surface area contributed by atoms with E-state index in [1.165, 1.54) is 4.90 Å². The van der Waals surface area contributed by atoms with Gasteiger partial charge in [-0.2, -0.15) is 0 Å². The molecule has 0 saturated carbocycles. The minimum absolute atomic E-state index is 0.166. The van der Waals surface area contributed by atoms with E-state index in [0.717, 1.165) is 11.3 Å². The summed E-state index contributed by atoms with van der Waals surface area (Å²) in [7, 11) is 0. The van der Waals surface area contributed by atoms with E-state index >= 15 is 0 Å². The Hall–Kier alpha value is -2.34. The van der Waals surface area contributed by atoms with Crippen LogP contribution in [-0.2, 0) is 16.8 Å². The van der Waals surface area contributed by atoms with Gasteiger partial charge in [-0.1, -0.05) is 51.1 Å². The molecule has 0 unspecified atom stereocenters. The first-order chi connectivity index (χ1) is 11.8. The number of rotatable bonds is 3. The molecule has 25 heavy (non-hydrogen) atoms. The van der Waals surface area contributed by atoms with Crippen LogP contribution in [0, 0.1) is 0 Å². The van der Waals surface area contributed by atoms with Gasteiger partial charge >= 0.3 is 6.09 Å². The number of oxazole rings is 1. The lowest BCUT2D eigenvalue weighted by molar-refractivity contribution is 0.0838. The molecule has 6 nitrogen and oxygen atoms in total. The minimum Gasteiger partial charge on any atom is -0.445 e. The first kappa shape index (κ1) is 17.5. The molecule has 3 rings (SSSR count). The molecule has 1 aliphatic heterocycles. The molecule has 0 radical (unpaired) electrons. The molecule has 1 N–H and O–H groups in total. The second-order valence-corrected chi connectivity index (χ2v) is 7.41. The van der Waals surface area contributed by atoms with E-state index in [9.17, 15) is 9.90 Å². The zero-order valence-electron chi connectivity index (χ0n) is 14.8. The second-order valence-electron chi connectivity index (χ2n) is 7.41. The van der Waals surface area contributed by atoms with Crippen molar-refractivity contribution in [2.45, 2.75) is 51.4 Å². The van der Waals surface area contributed by atoms with Gasteiger partial charge in [0, 0.05) is 11.8 Å². The molecule has 1 fully saturated rings. The number of hydrogen-bond acceptors (Lipinski definition) is 5. The van der Waals surface area contributed by atoms with Crippen molar-refractivity contribution in [3.05, 3.63) is 53.7 Å². The summed E-state index contributed by atoms with van der Waals surface area (Å²) in [6.45, 7) is 6.51. The molecule has 1 saturated heterocycles. The normalized spacial score (nSPS) is 20.7. The van der Waals surface area contributed by atoms with Gasteiger partial charge in [-0.05, 0) is 5.56 Å². The zero-order chi connectivity index (χ0) is 18.0. The van der Waals surface area contributed by atoms with Crippen molar-refractivity contribution in [3.8, 4) is 0 Å². The van der Waals surface area contributed by atoms with Crippen LogP contribution in [0.3, 0.4) is 0 Å². The Labute approximate surface area is 147 Å². The molecule has 6 heteroatoms. The third-order valence-electron chi connectivity index (χ3n) is 4.27. The molecular formula is C19H24N2O4. The third kappa shape index (κ3) is 4.02. The van der Waals surface area contributed by atoms with Gasteiger partial charge in [0.05, 0.1) is 18.8 Å². The summed E-state index contributed by atoms with van der Waals surface area (Å²) in [4.78, 5) is 18.3. The number of aliphatic hydroxyl groups is 1. The number of carbonyl (C=O) groups is 1. The maximum absolute atomic E-state index is 12.5. The smallest absolute Gasteiger partial charge is 0.410 e. The number of aliphatic hydroxyl groups excluding tert-OH is 1. The number of carbonyl (C=O) groups excluding carboxylic acids is 1. The third-order valence-corrected chi connectivity index (χ3v) is 4.27. The standard InChI is InChI=1S/C19H24N2O4/c1-19(2,3)16-10-20-17(25-16)15-9-14(22)11-21(15)18(23)24-12-13-7-5-4-6-8-13/h4-8,10,14-15,22H,9,11-12H2,1-3H3/t14-,15+/m1/s1. The van der Waals surface area contributed by atoms with E-state index < -0.39 is 18.2 Å². The van der Waals surface area contributed by atoms with E-state index in [-0.39, 0.29) is 18.6 Å². The van der Waals surface area contributed by atoms with E-state index in [2.05, 4.69) is 4.98 Å². The molecule has 2 atom stereocenters. The van der Waals surface area contributed by atoms with Crippen LogP contribution in [-0.4, -0.2) is 33.7 Å². The molecule has 0 spiro atoms. The van der Waals surface area contributed by atoms with Gasteiger partial charge in [0.2, 0.25) is 5.89 Å². The highest BCUT2D eigenvalue weighted by atomic mass is 16.6. The first-order valence-corrected chi connectivity index (χ1v) is 8.46. The number of ether oxygens (including phenoxy) is 1. The van der Waals surface area contributed by atoms with Gasteiger partial charge < -0.3 is 14.3 Å². The summed E-state index contributed by atoms with van der Waals surface area (Å²) in [6, 6.07) is 9.08. The van der Waals surface area contributed by atoms with Gasteiger partial charge in [-0.3, -0.25) is 4.90 Å². The summed E-state index contributed by atoms with van der Waals surface area (Å²) >= 11 is 0. The predicted molar refractivity (Wildman–Crippen MR) is 91.9 cm³/mol. The minimum atomic E-state index is -0.612. The highest BCUT2D eigenvalue weighted by molar-refractivity contribution is 5.68. The van der Waals surface area contributed by atoms with Gasteiger partial charge in [0.25, 0.3) is 0 Å². The largest absolute Gasteiger partial charge is 0.445 e. The fraction of sp³-hybridized carbons (Fsp3) is 0.474. The number of amides is 1. The van der Waals surface area contributed by atoms with Crippen LogP contribution in [0.2, 0.25) is 0 Å². The van der Waals surface area contributed by atoms with Crippen LogP contribution in [0.25, 0.3) is 0 Å². The van der Waals surface area contributed by atoms with Crippen LogP contribution in [0.15, 0.2) is 40.9 Å². The highest BCUT2D eigenvalue weighted by Gasteiger charge is 2.39. The lowest BCUT2D eigenvalue weighted by atomic mass is 9.94. The second kappa shape index (κ2) is 6.88. The Balaban J connectivity index is 1.71. The van der Waals surface area contributed by atoms with Crippen molar-refractivity contribution in [2.24, 2.45) is 0 Å². The molecule has 1 aliphatic rings. The molecule has 1 aromatic carbocycles. The number of β-amino-alcohol motifs (C(OH)–C–C–N with tert-alkyl or cyclic N) is 1. The van der Waals surface area contributed by atoms with E-state index in [1.54, 1.807) is 6.20 Å². The fourth-order valence-electron chi connectivity index (χ4n) is 2.84. The maximum Gasteiger partial charge on any atom is 0.410 e. The Bertz CT molecular complexity index is 721. The summed E-state index contributed by atoms with van der Waals surface area (Å²) in [6.07, 6.45) is 0.998. The summed E-state index contributed by atoms with van der Waals surface area (Å²) < 4.78 is 11.2. The lowest BCUT2D eigenvalue weighted by Gasteiger charge is -2.21. The lowest BCUT2D eigenvalue weighted by Crippen LogP contribution is -2.32. The Morgan fingerprint density at radius 3 is 2.72 bits per heavy atom. The number of likely N-dealkylation sites (tertiary alicyclic amines) is 1. The quantitative estimate of drug-likeness (QED) is 0.923. The van der Waals surface area contributed by atoms with Crippen molar-refractivity contribution >= 4 is 6.09 Å². The van der Waals surface area contributed by atoms with E-state index in [1.807, 2.05) is 51.1 Å². The van der Waals surface area contributed by atoms with Crippen molar-refractivity contribution in [2.75, 3.05) is 6.54 Å². The molecule has 0 aliphatic carbocycles. The summed E-state index contributed by atoms with van der Waals surface area (Å²) in [5, 5.41) is 10.0. The topological polar surface area (TPSA) is 75.8 Å². The molecule has 1 amide bonds. The number of hydrogen-bond donors (Lipinski definition) is 1. The van der Waals surface area contributed by atoms with Crippen LogP contribution in [0.4, 0.5) is 4.79 Å². The number of aromatic nitrogens is 1. The van der Waals surface area contributed by atoms with Gasteiger partial charge in [-0.15, -0.1) is 0 Å². The molecule has 134 valence electrons. The number of nitrogens with zero attached hydrogens (tertiary/aromatic N) is 2. The Kier molecular flexibility index (Phi) is 4.81. The van der Waals surface area contributed by atoms with Gasteiger partial charge in [-0.25, -0.2) is 9.78 Å². The average molecular weight is 344 g/mol. The summed E-state index contributed by atoms with van der Waals surface area (Å²) in [5.74, 6) is 1.19. The fourth-order valence-corrected chi connectivity index (χ4v) is 2.84. The number of benzene rings is 1. The Morgan fingerprint density at radius 1 is 1.36 bits per heavy atom. The van der Waals surface area contributed by atoms with Crippen molar-refractivity contribution in [1.29, 1.82) is 0 Å². The Morgan fingerprint density at radius 2 is 2.08 bits per heavy atom. The SMILES string of the molecule is CC(C)(C)c1cnc([C@@H]2C[C@@H](O)CN2C(=O)OCc2ccccc2)o1. The van der Waals surface area contributed by atoms with Gasteiger partial charge in [0.15, 0.2) is 0 Å². The molecular weight excluding hydrogens is 320 g/mol. The zero-order valence-corrected chi connectivity index (χ0v) is 14.8. The predicted octanol–water partition coefficient (Wildman–Crippen LogP) is 3.42. The molecule has 2 aromatic rings. The summed E-state index contributed by atoms with van der Waals surface area (Å²) in [5.41, 5.74) is 0.750. The van der Waals surface area contributed by atoms with Crippen LogP contribution >= 0.6 is 0 Å². The maximum atomic E-state index is 12.5. The van der Waals surface area contributed by atoms with E-state index in [0.29, 0.717) is 12.3 Å². The molecule has 2 heterocycles. The highest BCUT2D eigenvalue weighted by Crippen LogP contribution is 2.34. The van der Waals surface area contributed by atoms with Crippen molar-refractivity contribution in [1.82, 2.24) is 9.88 Å². The van der Waals surface area contributed by atoms with E-state index in [4.69, 9.17) is 9.15 Å². The first-order valence-electron chi connectivity index (χ1n) is 8.46. The monoisotopic (exact) mass is 344 g/mol.